The number of carbonyl (C=O) groups is 7. The van der Waals surface area contributed by atoms with Crippen LogP contribution in [0.3, 0.4) is 0 Å². The van der Waals surface area contributed by atoms with Crippen molar-refractivity contribution in [3.05, 3.63) is 111 Å². The third-order valence-corrected chi connectivity index (χ3v) is 15.2. The summed E-state index contributed by atoms with van der Waals surface area (Å²) in [6, 6.07) is 17.5. The molecule has 26 nitrogen and oxygen atoms in total. The van der Waals surface area contributed by atoms with Gasteiger partial charge in [-0.2, -0.15) is 5.10 Å². The number of primary amides is 1. The molecule has 0 saturated carbocycles. The third-order valence-electron chi connectivity index (χ3n) is 15.2. The van der Waals surface area contributed by atoms with Gasteiger partial charge in [0.1, 0.15) is 34.9 Å². The second-order valence-electron chi connectivity index (χ2n) is 22.1. The molecular weight excluding hydrogens is 1110 g/mol. The van der Waals surface area contributed by atoms with Crippen LogP contribution in [0.15, 0.2) is 77.6 Å². The maximum atomic E-state index is 13.7. The number of amidine groups is 1. The van der Waals surface area contributed by atoms with E-state index in [1.54, 1.807) is 52.3 Å². The van der Waals surface area contributed by atoms with E-state index in [4.69, 9.17) is 16.2 Å². The van der Waals surface area contributed by atoms with Crippen LogP contribution in [0.25, 0.3) is 17.1 Å². The summed E-state index contributed by atoms with van der Waals surface area (Å²) in [5.74, 6) is -4.21. The van der Waals surface area contributed by atoms with E-state index < -0.39 is 41.5 Å². The average Bonchev–Trinajstić information content (AvgIpc) is 1.66. The first kappa shape index (κ1) is 64.3. The van der Waals surface area contributed by atoms with Gasteiger partial charge in [0.15, 0.2) is 5.82 Å². The Bertz CT molecular complexity index is 3330. The van der Waals surface area contributed by atoms with Crippen LogP contribution in [0.5, 0.6) is 23.0 Å². The summed E-state index contributed by atoms with van der Waals surface area (Å²) in [5, 5.41) is 74.2. The Kier molecular flexibility index (Phi) is 22.0. The molecule has 7 amide bonds. The molecule has 0 unspecified atom stereocenters. The molecule has 3 heterocycles. The topological polar surface area (TPSA) is 373 Å². The summed E-state index contributed by atoms with van der Waals surface area (Å²) in [7, 11) is 0. The normalized spacial score (nSPS) is 14.2. The highest BCUT2D eigenvalue weighted by Crippen LogP contribution is 2.38. The number of H-pyrrole nitrogens is 1. The molecule has 2 fully saturated rings. The summed E-state index contributed by atoms with van der Waals surface area (Å²) >= 11 is 0. The van der Waals surface area contributed by atoms with Crippen molar-refractivity contribution in [3.63, 3.8) is 0 Å². The van der Waals surface area contributed by atoms with Crippen molar-refractivity contribution in [1.29, 1.82) is 5.41 Å². The number of urea groups is 1. The highest BCUT2D eigenvalue weighted by atomic mass is 16.4. The van der Waals surface area contributed by atoms with Crippen LogP contribution in [0, 0.1) is 5.41 Å². The summed E-state index contributed by atoms with van der Waals surface area (Å²) in [4.78, 5) is 111. The number of hydrogen-bond acceptors (Lipinski definition) is 16. The molecule has 2 aliphatic rings. The highest BCUT2D eigenvalue weighted by molar-refractivity contribution is 6.22. The fourth-order valence-corrected chi connectivity index (χ4v) is 10.4. The maximum absolute atomic E-state index is 13.7. The first-order chi connectivity index (χ1) is 41.0. The SMILES string of the molecule is CC(C)c1cc(C(=N)N(C(N)=O)c2ccc(CN3CCN(C(=O)CCNC(=O)[C@@H](CCC(=O)N4CCN(Cc5ccc(-n6c(-c7cc(C(C)C)c(O)cc7O)n[nH]c6=O)cc5)CC4)NC(=O)CCNC(=O)CCCC(=O)O)CC3)cc2)c(O)cc1O. The molecule has 26 heteroatoms. The molecule has 7 rings (SSSR count). The van der Waals surface area contributed by atoms with Crippen LogP contribution < -0.4 is 32.3 Å². The standard InChI is InChI=1S/C60H77N13O13/c1-36(2)42-30-44(49(76)32-47(42)74)56(61)72(59(62)85)40-12-8-38(9-13-40)34-69-24-28-71(29-25-69)54(81)19-21-64-58(84)46(65-52(79)18-20-63-51(78)6-5-7-55(82)83)16-17-53(80)70-26-22-68(23-27-70)35-39-10-14-41(15-11-39)73-57(66-67-60(73)86)45-31-43(37(3)4)48(75)33-50(45)77/h8-15,30-33,36-37,46,61,74-77H,5-7,16-29,34-35H2,1-4H3,(H2,62,85)(H,63,78)(H,64,84)(H,65,79)(H,67,86)(H,82,83)/t46-/m1/s1. The molecule has 0 bridgehead atoms. The number of amides is 7. The number of phenols is 4. The smallest absolute Gasteiger partial charge is 0.348 e. The van der Waals surface area contributed by atoms with E-state index in [-0.39, 0.29) is 127 Å². The van der Waals surface area contributed by atoms with E-state index in [0.29, 0.717) is 87.9 Å². The van der Waals surface area contributed by atoms with Crippen molar-refractivity contribution < 1.29 is 59.1 Å². The van der Waals surface area contributed by atoms with Gasteiger partial charge < -0.3 is 57.0 Å². The van der Waals surface area contributed by atoms with Gasteiger partial charge in [0, 0.05) is 123 Å². The van der Waals surface area contributed by atoms with Gasteiger partial charge in [-0.25, -0.2) is 24.2 Å². The molecule has 5 aromatic rings. The van der Waals surface area contributed by atoms with Crippen molar-refractivity contribution in [2.24, 2.45) is 5.73 Å². The molecule has 86 heavy (non-hydrogen) atoms. The predicted molar refractivity (Wildman–Crippen MR) is 318 cm³/mol. The lowest BCUT2D eigenvalue weighted by Crippen LogP contribution is -2.51. The van der Waals surface area contributed by atoms with Gasteiger partial charge in [0.05, 0.1) is 22.5 Å². The van der Waals surface area contributed by atoms with Crippen molar-refractivity contribution in [1.82, 2.24) is 50.3 Å². The number of aliphatic carboxylic acids is 1. The summed E-state index contributed by atoms with van der Waals surface area (Å²) in [6.07, 6.45) is -0.433. The highest BCUT2D eigenvalue weighted by Gasteiger charge is 2.29. The monoisotopic (exact) mass is 1190 g/mol. The number of carbonyl (C=O) groups excluding carboxylic acids is 6. The number of anilines is 1. The van der Waals surface area contributed by atoms with Crippen LogP contribution in [0.2, 0.25) is 0 Å². The van der Waals surface area contributed by atoms with Crippen LogP contribution in [-0.4, -0.2) is 179 Å². The van der Waals surface area contributed by atoms with Crippen molar-refractivity contribution in [2.75, 3.05) is 70.3 Å². The first-order valence-electron chi connectivity index (χ1n) is 28.7. The Balaban J connectivity index is 0.878. The number of carboxylic acids is 1. The zero-order valence-electron chi connectivity index (χ0n) is 48.8. The van der Waals surface area contributed by atoms with Gasteiger partial charge in [-0.05, 0) is 83.3 Å². The fourth-order valence-electron chi connectivity index (χ4n) is 10.4. The Hall–Kier alpha value is -9.30. The Morgan fingerprint density at radius 2 is 1.19 bits per heavy atom. The molecule has 0 spiro atoms. The van der Waals surface area contributed by atoms with E-state index in [0.717, 1.165) is 22.1 Å². The van der Waals surface area contributed by atoms with E-state index in [9.17, 15) is 58.8 Å². The lowest BCUT2D eigenvalue weighted by Gasteiger charge is -2.35. The minimum Gasteiger partial charge on any atom is -0.508 e. The molecule has 1 aromatic heterocycles. The lowest BCUT2D eigenvalue weighted by molar-refractivity contribution is -0.137. The number of nitrogens with one attached hydrogen (secondary N) is 5. The van der Waals surface area contributed by atoms with Crippen LogP contribution in [-0.2, 0) is 41.9 Å². The largest absolute Gasteiger partial charge is 0.508 e. The van der Waals surface area contributed by atoms with Gasteiger partial charge in [0.25, 0.3) is 0 Å². The molecule has 12 N–H and O–H groups in total. The number of piperazine rings is 2. The summed E-state index contributed by atoms with van der Waals surface area (Å²) < 4.78 is 1.34. The number of aromatic hydroxyl groups is 4. The number of hydrogen-bond donors (Lipinski definition) is 11. The Labute approximate surface area is 497 Å². The van der Waals surface area contributed by atoms with Crippen LogP contribution in [0.1, 0.15) is 112 Å². The lowest BCUT2D eigenvalue weighted by atomic mass is 9.98. The van der Waals surface area contributed by atoms with Gasteiger partial charge in [-0.1, -0.05) is 52.0 Å². The average molecular weight is 1190 g/mol. The fraction of sp³-hybridized carbons (Fsp3) is 0.433. The number of aromatic amines is 1. The number of aromatic nitrogens is 3. The minimum atomic E-state index is -1.15. The molecule has 0 aliphatic carbocycles. The van der Waals surface area contributed by atoms with Crippen molar-refractivity contribution >= 4 is 53.1 Å². The third kappa shape index (κ3) is 17.0. The first-order valence-corrected chi connectivity index (χ1v) is 28.7. The molecule has 2 aliphatic heterocycles. The minimum absolute atomic E-state index is 0.0235. The molecule has 460 valence electrons. The van der Waals surface area contributed by atoms with Gasteiger partial charge >= 0.3 is 17.7 Å². The second-order valence-corrected chi connectivity index (χ2v) is 22.1. The number of phenolic OH excluding ortho intramolecular Hbond substituents is 4. The van der Waals surface area contributed by atoms with Gasteiger partial charge in [-0.15, -0.1) is 0 Å². The summed E-state index contributed by atoms with van der Waals surface area (Å²) in [6.45, 7) is 12.2. The van der Waals surface area contributed by atoms with E-state index in [2.05, 4.69) is 35.9 Å². The van der Waals surface area contributed by atoms with Crippen LogP contribution in [0.4, 0.5) is 10.5 Å². The number of nitrogens with two attached hydrogens (primary N) is 1. The van der Waals surface area contributed by atoms with E-state index in [1.165, 1.54) is 16.7 Å². The van der Waals surface area contributed by atoms with Crippen molar-refractivity contribution in [2.45, 2.75) is 104 Å². The number of carboxylic acid groups (broad SMARTS) is 1. The summed E-state index contributed by atoms with van der Waals surface area (Å²) in [5.41, 5.74) is 9.21. The molecule has 4 aromatic carbocycles. The van der Waals surface area contributed by atoms with Crippen molar-refractivity contribution in [3.8, 4) is 40.1 Å². The number of benzene rings is 4. The van der Waals surface area contributed by atoms with E-state index in [1.807, 2.05) is 39.8 Å². The number of rotatable bonds is 25. The van der Waals surface area contributed by atoms with Gasteiger partial charge in [0.2, 0.25) is 29.5 Å². The van der Waals surface area contributed by atoms with E-state index >= 15 is 0 Å². The zero-order valence-corrected chi connectivity index (χ0v) is 48.8. The molecule has 2 saturated heterocycles. The molecule has 1 atom stereocenters. The maximum Gasteiger partial charge on any atom is 0.348 e. The van der Waals surface area contributed by atoms with Gasteiger partial charge in [-0.3, -0.25) is 44.0 Å². The number of nitrogens with zero attached hydrogens (tertiary/aromatic N) is 7. The van der Waals surface area contributed by atoms with Crippen LogP contribution >= 0.6 is 0 Å². The Morgan fingerprint density at radius 1 is 0.651 bits per heavy atom. The Morgan fingerprint density at radius 3 is 1.74 bits per heavy atom. The second kappa shape index (κ2) is 29.5. The molecule has 0 radical (unpaired) electrons. The zero-order chi connectivity index (χ0) is 62.4. The molecular formula is C60H77N13O13. The predicted octanol–water partition coefficient (Wildman–Crippen LogP) is 3.73. The quantitative estimate of drug-likeness (QED) is 0.0293.